The third-order valence-electron chi connectivity index (χ3n) is 1.40. The quantitative estimate of drug-likeness (QED) is 0.654. The average Bonchev–Trinajstić information content (AvgIpc) is 2.00. The SMILES string of the molecule is CCNC(=O)CCC(=O)NC(C)C. The summed E-state index contributed by atoms with van der Waals surface area (Å²) in [6, 6.07) is 0.140. The highest BCUT2D eigenvalue weighted by Crippen LogP contribution is 1.90. The minimum atomic E-state index is -0.0683. The summed E-state index contributed by atoms with van der Waals surface area (Å²) in [5.74, 6) is -0.136. The van der Waals surface area contributed by atoms with Gasteiger partial charge in [0.05, 0.1) is 0 Å². The summed E-state index contributed by atoms with van der Waals surface area (Å²) in [7, 11) is 0. The molecule has 0 aromatic rings. The molecule has 0 saturated heterocycles. The van der Waals surface area contributed by atoms with Crippen molar-refractivity contribution in [3.63, 3.8) is 0 Å². The van der Waals surface area contributed by atoms with Crippen LogP contribution in [0.2, 0.25) is 0 Å². The molecular weight excluding hydrogens is 168 g/mol. The van der Waals surface area contributed by atoms with E-state index in [1.807, 2.05) is 20.8 Å². The van der Waals surface area contributed by atoms with E-state index in [1.54, 1.807) is 0 Å². The molecule has 2 amide bonds. The first-order chi connectivity index (χ1) is 6.06. The monoisotopic (exact) mass is 186 g/mol. The predicted octanol–water partition coefficient (Wildman–Crippen LogP) is 0.427. The molecule has 0 bridgehead atoms. The lowest BCUT2D eigenvalue weighted by molar-refractivity contribution is -0.126. The van der Waals surface area contributed by atoms with Crippen LogP contribution in [0.25, 0.3) is 0 Å². The summed E-state index contributed by atoms with van der Waals surface area (Å²) in [5, 5.41) is 5.36. The Kier molecular flexibility index (Phi) is 5.93. The number of hydrogen-bond acceptors (Lipinski definition) is 2. The summed E-state index contributed by atoms with van der Waals surface area (Å²) in [6.07, 6.45) is 0.538. The molecule has 2 N–H and O–H groups in total. The summed E-state index contributed by atoms with van der Waals surface area (Å²) in [5.41, 5.74) is 0. The number of carbonyl (C=O) groups is 2. The molecule has 0 unspecified atom stereocenters. The van der Waals surface area contributed by atoms with Gasteiger partial charge in [-0.05, 0) is 20.8 Å². The van der Waals surface area contributed by atoms with Crippen molar-refractivity contribution in [1.82, 2.24) is 10.6 Å². The molecule has 0 fully saturated rings. The van der Waals surface area contributed by atoms with Gasteiger partial charge in [0.15, 0.2) is 0 Å². The molecule has 0 aromatic carbocycles. The Hall–Kier alpha value is -1.06. The van der Waals surface area contributed by atoms with E-state index in [0.717, 1.165) is 0 Å². The standard InChI is InChI=1S/C9H18N2O2/c1-4-10-8(12)5-6-9(13)11-7(2)3/h7H,4-6H2,1-3H3,(H,10,12)(H,11,13). The summed E-state index contributed by atoms with van der Waals surface area (Å²) >= 11 is 0. The Labute approximate surface area is 79.1 Å². The molecule has 0 radical (unpaired) electrons. The van der Waals surface area contributed by atoms with E-state index in [2.05, 4.69) is 10.6 Å². The lowest BCUT2D eigenvalue weighted by Crippen LogP contribution is -2.31. The van der Waals surface area contributed by atoms with Crippen LogP contribution in [0.1, 0.15) is 33.6 Å². The minimum Gasteiger partial charge on any atom is -0.356 e. The van der Waals surface area contributed by atoms with Crippen LogP contribution >= 0.6 is 0 Å². The molecule has 4 heteroatoms. The molecule has 0 heterocycles. The number of amides is 2. The smallest absolute Gasteiger partial charge is 0.220 e. The summed E-state index contributed by atoms with van der Waals surface area (Å²) < 4.78 is 0. The molecule has 0 aliphatic carbocycles. The van der Waals surface area contributed by atoms with Crippen LogP contribution in [0.3, 0.4) is 0 Å². The van der Waals surface area contributed by atoms with Gasteiger partial charge in [-0.1, -0.05) is 0 Å². The molecular formula is C9H18N2O2. The van der Waals surface area contributed by atoms with E-state index in [-0.39, 0.29) is 30.7 Å². The zero-order valence-corrected chi connectivity index (χ0v) is 8.52. The molecule has 0 aliphatic heterocycles. The fourth-order valence-corrected chi connectivity index (χ4v) is 0.907. The van der Waals surface area contributed by atoms with Crippen molar-refractivity contribution in [2.24, 2.45) is 0 Å². The van der Waals surface area contributed by atoms with E-state index < -0.39 is 0 Å². The highest BCUT2D eigenvalue weighted by molar-refractivity contribution is 5.83. The van der Waals surface area contributed by atoms with Gasteiger partial charge in [0.2, 0.25) is 11.8 Å². The third-order valence-corrected chi connectivity index (χ3v) is 1.40. The number of nitrogens with one attached hydrogen (secondary N) is 2. The minimum absolute atomic E-state index is 0.0681. The maximum Gasteiger partial charge on any atom is 0.220 e. The third kappa shape index (κ3) is 7.31. The van der Waals surface area contributed by atoms with Crippen molar-refractivity contribution in [3.8, 4) is 0 Å². The molecule has 13 heavy (non-hydrogen) atoms. The van der Waals surface area contributed by atoms with E-state index >= 15 is 0 Å². The maximum absolute atomic E-state index is 11.1. The average molecular weight is 186 g/mol. The highest BCUT2D eigenvalue weighted by Gasteiger charge is 2.06. The molecule has 0 aliphatic rings. The molecule has 0 atom stereocenters. The fraction of sp³-hybridized carbons (Fsp3) is 0.778. The topological polar surface area (TPSA) is 58.2 Å². The van der Waals surface area contributed by atoms with Crippen molar-refractivity contribution in [2.75, 3.05) is 6.54 Å². The molecule has 0 spiro atoms. The van der Waals surface area contributed by atoms with E-state index in [1.165, 1.54) is 0 Å². The van der Waals surface area contributed by atoms with E-state index in [0.29, 0.717) is 6.54 Å². The van der Waals surface area contributed by atoms with Crippen LogP contribution in [-0.4, -0.2) is 24.4 Å². The molecule has 76 valence electrons. The van der Waals surface area contributed by atoms with Crippen LogP contribution in [0.4, 0.5) is 0 Å². The maximum atomic E-state index is 11.1. The van der Waals surface area contributed by atoms with Crippen LogP contribution in [0.15, 0.2) is 0 Å². The summed E-state index contributed by atoms with van der Waals surface area (Å²) in [4.78, 5) is 22.0. The van der Waals surface area contributed by atoms with Gasteiger partial charge in [-0.15, -0.1) is 0 Å². The van der Waals surface area contributed by atoms with Crippen LogP contribution in [0, 0.1) is 0 Å². The van der Waals surface area contributed by atoms with E-state index in [9.17, 15) is 9.59 Å². The normalized spacial score (nSPS) is 9.85. The van der Waals surface area contributed by atoms with Crippen molar-refractivity contribution >= 4 is 11.8 Å². The van der Waals surface area contributed by atoms with Gasteiger partial charge in [-0.2, -0.15) is 0 Å². The Morgan fingerprint density at radius 3 is 2.15 bits per heavy atom. The first-order valence-electron chi connectivity index (χ1n) is 4.62. The van der Waals surface area contributed by atoms with Crippen molar-refractivity contribution in [3.05, 3.63) is 0 Å². The zero-order valence-electron chi connectivity index (χ0n) is 8.52. The first-order valence-corrected chi connectivity index (χ1v) is 4.62. The van der Waals surface area contributed by atoms with E-state index in [4.69, 9.17) is 0 Å². The second kappa shape index (κ2) is 6.46. The van der Waals surface area contributed by atoms with Gasteiger partial charge in [0.1, 0.15) is 0 Å². The predicted molar refractivity (Wildman–Crippen MR) is 51.2 cm³/mol. The molecule has 0 aromatic heterocycles. The Morgan fingerprint density at radius 1 is 1.15 bits per heavy atom. The second-order valence-electron chi connectivity index (χ2n) is 3.18. The van der Waals surface area contributed by atoms with Crippen LogP contribution in [-0.2, 0) is 9.59 Å². The van der Waals surface area contributed by atoms with Gasteiger partial charge >= 0.3 is 0 Å². The lowest BCUT2D eigenvalue weighted by Gasteiger charge is -2.07. The second-order valence-corrected chi connectivity index (χ2v) is 3.18. The van der Waals surface area contributed by atoms with Gasteiger partial charge in [0.25, 0.3) is 0 Å². The van der Waals surface area contributed by atoms with Crippen LogP contribution < -0.4 is 10.6 Å². The van der Waals surface area contributed by atoms with Gasteiger partial charge in [-0.3, -0.25) is 9.59 Å². The van der Waals surface area contributed by atoms with Gasteiger partial charge in [0, 0.05) is 25.4 Å². The number of hydrogen-bond donors (Lipinski definition) is 2. The molecule has 0 saturated carbocycles. The van der Waals surface area contributed by atoms with Crippen molar-refractivity contribution < 1.29 is 9.59 Å². The molecule has 0 rings (SSSR count). The van der Waals surface area contributed by atoms with Gasteiger partial charge in [-0.25, -0.2) is 0 Å². The van der Waals surface area contributed by atoms with Crippen molar-refractivity contribution in [2.45, 2.75) is 39.7 Å². The summed E-state index contributed by atoms with van der Waals surface area (Å²) in [6.45, 7) is 6.25. The largest absolute Gasteiger partial charge is 0.356 e. The lowest BCUT2D eigenvalue weighted by atomic mass is 10.2. The number of rotatable bonds is 5. The number of carbonyl (C=O) groups excluding carboxylic acids is 2. The Morgan fingerprint density at radius 2 is 1.69 bits per heavy atom. The first kappa shape index (κ1) is 11.9. The van der Waals surface area contributed by atoms with Crippen molar-refractivity contribution in [1.29, 1.82) is 0 Å². The van der Waals surface area contributed by atoms with Crippen LogP contribution in [0.5, 0.6) is 0 Å². The molecule has 4 nitrogen and oxygen atoms in total. The van der Waals surface area contributed by atoms with Gasteiger partial charge < -0.3 is 10.6 Å². The highest BCUT2D eigenvalue weighted by atomic mass is 16.2. The Bertz CT molecular complexity index is 178. The zero-order chi connectivity index (χ0) is 10.3. The fourth-order valence-electron chi connectivity index (χ4n) is 0.907. The Balaban J connectivity index is 3.52.